The second-order valence-corrected chi connectivity index (χ2v) is 10.1. The van der Waals surface area contributed by atoms with Crippen molar-refractivity contribution in [3.63, 3.8) is 0 Å². The van der Waals surface area contributed by atoms with Crippen molar-refractivity contribution in [1.29, 1.82) is 0 Å². The second kappa shape index (κ2) is 11.4. The first-order chi connectivity index (χ1) is 18.6. The summed E-state index contributed by atoms with van der Waals surface area (Å²) in [5, 5.41) is 10.8. The van der Waals surface area contributed by atoms with Crippen LogP contribution in [0.15, 0.2) is 97.1 Å². The van der Waals surface area contributed by atoms with Crippen molar-refractivity contribution in [1.82, 2.24) is 0 Å². The second-order valence-electron chi connectivity index (χ2n) is 10.1. The van der Waals surface area contributed by atoms with Gasteiger partial charge in [0, 0.05) is 5.41 Å². The number of hydrogen-bond donors (Lipinski definition) is 0. The van der Waals surface area contributed by atoms with Crippen LogP contribution in [0.2, 0.25) is 0 Å². The van der Waals surface area contributed by atoms with Gasteiger partial charge in [0.15, 0.2) is 0 Å². The molecule has 0 bridgehead atoms. The molecule has 6 aromatic rings. The quantitative estimate of drug-likeness (QED) is 0.144. The van der Waals surface area contributed by atoms with Crippen LogP contribution in [0, 0.1) is 0 Å². The van der Waals surface area contributed by atoms with E-state index in [1.807, 2.05) is 27.7 Å². The lowest BCUT2D eigenvalue weighted by Crippen LogP contribution is -2.16. The summed E-state index contributed by atoms with van der Waals surface area (Å²) >= 11 is 0. The van der Waals surface area contributed by atoms with Crippen LogP contribution < -0.4 is 0 Å². The molecule has 0 amide bonds. The number of hydrogen-bond acceptors (Lipinski definition) is 0. The van der Waals surface area contributed by atoms with Gasteiger partial charge in [0.2, 0.25) is 0 Å². The highest BCUT2D eigenvalue weighted by Gasteiger charge is 2.39. The predicted octanol–water partition coefficient (Wildman–Crippen LogP) is 12.1. The van der Waals surface area contributed by atoms with Crippen LogP contribution in [-0.2, 0) is 5.41 Å². The molecular weight excluding hydrogens is 456 g/mol. The third-order valence-electron chi connectivity index (χ3n) is 7.34. The van der Waals surface area contributed by atoms with E-state index in [0.717, 1.165) is 0 Å². The van der Waals surface area contributed by atoms with Gasteiger partial charge in [0.25, 0.3) is 0 Å². The lowest BCUT2D eigenvalue weighted by atomic mass is 9.77. The highest BCUT2D eigenvalue weighted by atomic mass is 14.4. The third kappa shape index (κ3) is 4.27. The smallest absolute Gasteiger partial charge is 0.0171 e. The van der Waals surface area contributed by atoms with Crippen LogP contribution in [0.1, 0.15) is 72.9 Å². The van der Waals surface area contributed by atoms with Crippen LogP contribution in [0.3, 0.4) is 0 Å². The van der Waals surface area contributed by atoms with Crippen LogP contribution >= 0.6 is 0 Å². The minimum Gasteiger partial charge on any atom is -0.0683 e. The maximum absolute atomic E-state index is 2.41. The fourth-order valence-corrected chi connectivity index (χ4v) is 6.09. The fraction of sp³-hybridized carbons (Fsp3) is 0.263. The van der Waals surface area contributed by atoms with Gasteiger partial charge in [-0.15, -0.1) is 0 Å². The molecule has 0 heterocycles. The molecule has 0 spiro atoms. The predicted molar refractivity (Wildman–Crippen MR) is 173 cm³/mol. The maximum Gasteiger partial charge on any atom is 0.0171 e. The molecule has 7 rings (SSSR count). The van der Waals surface area contributed by atoms with Crippen molar-refractivity contribution < 1.29 is 0 Å². The van der Waals surface area contributed by atoms with Gasteiger partial charge in [-0.1, -0.05) is 147 Å². The zero-order chi connectivity index (χ0) is 27.4. The molecule has 0 unspecified atom stereocenters. The molecule has 0 radical (unpaired) electrons. The van der Waals surface area contributed by atoms with Gasteiger partial charge in [0.05, 0.1) is 0 Å². The van der Waals surface area contributed by atoms with Crippen LogP contribution in [-0.4, -0.2) is 0 Å². The summed E-state index contributed by atoms with van der Waals surface area (Å²) in [5.41, 5.74) is 5.68. The first-order valence-electron chi connectivity index (χ1n) is 14.5. The molecule has 0 N–H and O–H groups in total. The van der Waals surface area contributed by atoms with E-state index in [4.69, 9.17) is 0 Å². The normalized spacial score (nSPS) is 12.5. The fourth-order valence-electron chi connectivity index (χ4n) is 6.09. The Labute approximate surface area is 229 Å². The number of fused-ring (bicyclic) bond motifs is 11. The SMILES string of the molecule is CC.CC.CC1(C)c2c(ccc3cc4ccccc4cc23)-c2c1c1ccccc1c1ccccc21.CCC. The van der Waals surface area contributed by atoms with Gasteiger partial charge in [-0.05, 0) is 77.5 Å². The minimum absolute atomic E-state index is 0.0731. The molecule has 0 aromatic heterocycles. The first kappa shape index (κ1) is 27.4. The van der Waals surface area contributed by atoms with Crippen molar-refractivity contribution >= 4 is 43.1 Å². The molecule has 0 heteroatoms. The van der Waals surface area contributed by atoms with E-state index in [0.29, 0.717) is 0 Å². The van der Waals surface area contributed by atoms with E-state index in [1.165, 1.54) is 71.8 Å². The standard InChI is InChI=1S/C31H22.C3H8.2C2H6/c1-31(2)29-26(16-15-21-17-19-9-3-4-10-20(19)18-27(21)29)28-24-13-7-5-11-22(24)23-12-6-8-14-25(23)30(28)31;1-3-2;2*1-2/h3-18H,1-2H3;3H2,1-2H3;2*1-2H3. The molecule has 0 aliphatic heterocycles. The maximum atomic E-state index is 2.41. The summed E-state index contributed by atoms with van der Waals surface area (Å²) in [6, 6.07) is 36.0. The summed E-state index contributed by atoms with van der Waals surface area (Å²) in [6.07, 6.45) is 1.25. The van der Waals surface area contributed by atoms with E-state index >= 15 is 0 Å². The Balaban J connectivity index is 0.000000443. The van der Waals surface area contributed by atoms with E-state index in [9.17, 15) is 0 Å². The molecule has 1 aliphatic carbocycles. The Kier molecular flexibility index (Phi) is 8.22. The molecule has 1 aliphatic rings. The highest BCUT2D eigenvalue weighted by Crippen LogP contribution is 2.56. The van der Waals surface area contributed by atoms with Crippen LogP contribution in [0.5, 0.6) is 0 Å². The summed E-state index contributed by atoms with van der Waals surface area (Å²) in [4.78, 5) is 0. The van der Waals surface area contributed by atoms with Crippen molar-refractivity contribution in [2.45, 2.75) is 67.2 Å². The Hall–Kier alpha value is -3.64. The van der Waals surface area contributed by atoms with E-state index in [-0.39, 0.29) is 5.41 Å². The van der Waals surface area contributed by atoms with Gasteiger partial charge in [0.1, 0.15) is 0 Å². The molecule has 194 valence electrons. The lowest BCUT2D eigenvalue weighted by molar-refractivity contribution is 0.672. The van der Waals surface area contributed by atoms with E-state index in [1.54, 1.807) is 0 Å². The first-order valence-corrected chi connectivity index (χ1v) is 14.5. The van der Waals surface area contributed by atoms with Gasteiger partial charge < -0.3 is 0 Å². The van der Waals surface area contributed by atoms with Crippen LogP contribution in [0.4, 0.5) is 0 Å². The van der Waals surface area contributed by atoms with Gasteiger partial charge in [-0.3, -0.25) is 0 Å². The van der Waals surface area contributed by atoms with E-state index < -0.39 is 0 Å². The van der Waals surface area contributed by atoms with Gasteiger partial charge >= 0.3 is 0 Å². The average molecular weight is 499 g/mol. The van der Waals surface area contributed by atoms with Crippen molar-refractivity contribution in [3.8, 4) is 11.1 Å². The monoisotopic (exact) mass is 498 g/mol. The lowest BCUT2D eigenvalue weighted by Gasteiger charge is -2.25. The Bertz CT molecular complexity index is 1720. The van der Waals surface area contributed by atoms with Gasteiger partial charge in [-0.2, -0.15) is 0 Å². The molecule has 6 aromatic carbocycles. The molecule has 0 saturated carbocycles. The zero-order valence-corrected chi connectivity index (χ0v) is 24.4. The Morgan fingerprint density at radius 3 is 1.55 bits per heavy atom. The van der Waals surface area contributed by atoms with Crippen molar-refractivity contribution in [2.75, 3.05) is 0 Å². The Morgan fingerprint density at radius 1 is 0.474 bits per heavy atom. The van der Waals surface area contributed by atoms with Crippen molar-refractivity contribution in [2.24, 2.45) is 0 Å². The highest BCUT2D eigenvalue weighted by molar-refractivity contribution is 6.19. The summed E-state index contributed by atoms with van der Waals surface area (Å²) in [6.45, 7) is 17.1. The number of benzene rings is 6. The van der Waals surface area contributed by atoms with E-state index in [2.05, 4.69) is 125 Å². The number of rotatable bonds is 0. The summed E-state index contributed by atoms with van der Waals surface area (Å²) in [7, 11) is 0. The van der Waals surface area contributed by atoms with Gasteiger partial charge in [-0.25, -0.2) is 0 Å². The average Bonchev–Trinajstić information content (AvgIpc) is 3.22. The summed E-state index contributed by atoms with van der Waals surface area (Å²) < 4.78 is 0. The molecule has 0 saturated heterocycles. The molecule has 0 fully saturated rings. The molecule has 38 heavy (non-hydrogen) atoms. The molecule has 0 atom stereocenters. The molecular formula is C38H42. The Morgan fingerprint density at radius 2 is 0.947 bits per heavy atom. The van der Waals surface area contributed by atoms with Crippen molar-refractivity contribution in [3.05, 3.63) is 108 Å². The zero-order valence-electron chi connectivity index (χ0n) is 24.4. The minimum atomic E-state index is -0.0731. The van der Waals surface area contributed by atoms with Crippen LogP contribution in [0.25, 0.3) is 54.2 Å². The summed E-state index contributed by atoms with van der Waals surface area (Å²) in [5.74, 6) is 0. The third-order valence-corrected chi connectivity index (χ3v) is 7.34. The topological polar surface area (TPSA) is 0 Å². The molecule has 0 nitrogen and oxygen atoms in total. The largest absolute Gasteiger partial charge is 0.0683 e.